The van der Waals surface area contributed by atoms with Crippen molar-refractivity contribution in [1.82, 2.24) is 5.32 Å². The Labute approximate surface area is 362 Å². The Balaban J connectivity index is 1.24. The number of hydrogen-bond donors (Lipinski definition) is 5. The molecule has 0 radical (unpaired) electrons. The van der Waals surface area contributed by atoms with Gasteiger partial charge in [-0.25, -0.2) is 0 Å². The lowest BCUT2D eigenvalue weighted by Crippen LogP contribution is -2.23. The van der Waals surface area contributed by atoms with Crippen LogP contribution in [0.15, 0.2) is 89.3 Å². The number of aryl methyl sites for hydroxylation is 1. The third-order valence-corrected chi connectivity index (χ3v) is 14.8. The van der Waals surface area contributed by atoms with Crippen LogP contribution in [0.4, 0.5) is 0 Å². The van der Waals surface area contributed by atoms with Gasteiger partial charge in [0.15, 0.2) is 17.3 Å². The second-order valence-electron chi connectivity index (χ2n) is 16.7. The molecule has 1 saturated carbocycles. The van der Waals surface area contributed by atoms with E-state index >= 15 is 0 Å². The number of ketones is 1. The number of carbonyl (C=O) groups is 1. The van der Waals surface area contributed by atoms with Gasteiger partial charge in [-0.15, -0.1) is 5.76 Å². The number of ether oxygens (including phenoxy) is 1. The number of nitrogens with two attached hydrogens (primary N) is 2. The van der Waals surface area contributed by atoms with E-state index in [9.17, 15) is 20.1 Å². The average molecular weight is 846 g/mol. The smallest absolute Gasteiger partial charge is 0.161 e. The Bertz CT molecular complexity index is 2240. The highest BCUT2D eigenvalue weighted by Gasteiger charge is 2.37. The van der Waals surface area contributed by atoms with E-state index in [0.29, 0.717) is 60.0 Å². The van der Waals surface area contributed by atoms with Crippen LogP contribution in [-0.4, -0.2) is 47.7 Å². The number of unbranched alkanes of at least 4 members (excludes halogenated alkanes) is 2. The predicted molar refractivity (Wildman–Crippen MR) is 243 cm³/mol. The molecule has 0 spiro atoms. The molecule has 3 aromatic rings. The summed E-state index contributed by atoms with van der Waals surface area (Å²) in [5.41, 5.74) is 19.9. The van der Waals surface area contributed by atoms with Crippen LogP contribution in [0.25, 0.3) is 0 Å². The van der Waals surface area contributed by atoms with Gasteiger partial charge < -0.3 is 36.8 Å². The summed E-state index contributed by atoms with van der Waals surface area (Å²) in [5.74, 6) is 8.79. The summed E-state index contributed by atoms with van der Waals surface area (Å²) in [6.07, 6.45) is 16.3. The molecule has 2 aliphatic carbocycles. The molecule has 0 amide bonds. The fraction of sp³-hybridized carbons (Fsp3) is 0.429. The molecule has 60 heavy (non-hydrogen) atoms. The molecule has 9 nitrogen and oxygen atoms in total. The van der Waals surface area contributed by atoms with E-state index in [1.807, 2.05) is 54.2 Å². The Morgan fingerprint density at radius 2 is 1.83 bits per heavy atom. The minimum absolute atomic E-state index is 0.0126. The maximum absolute atomic E-state index is 14.1. The lowest BCUT2D eigenvalue weighted by Gasteiger charge is -2.28. The van der Waals surface area contributed by atoms with Crippen LogP contribution in [-0.2, 0) is 23.4 Å². The fourth-order valence-electron chi connectivity index (χ4n) is 9.03. The summed E-state index contributed by atoms with van der Waals surface area (Å²) in [4.78, 5) is 17.8. The van der Waals surface area contributed by atoms with E-state index in [1.165, 1.54) is 0 Å². The van der Waals surface area contributed by atoms with Gasteiger partial charge in [0.25, 0.3) is 0 Å². The summed E-state index contributed by atoms with van der Waals surface area (Å²) >= 11 is 0. The molecular weight excluding hydrogens is 789 g/mol. The number of phenols is 2. The first-order valence-electron chi connectivity index (χ1n) is 21.3. The van der Waals surface area contributed by atoms with E-state index in [1.54, 1.807) is 35.2 Å². The van der Waals surface area contributed by atoms with Gasteiger partial charge in [0.05, 0.1) is 24.9 Å². The van der Waals surface area contributed by atoms with Crippen LogP contribution >= 0.6 is 21.6 Å². The molecule has 8 bridgehead atoms. The van der Waals surface area contributed by atoms with Gasteiger partial charge in [-0.1, -0.05) is 76.6 Å². The fourth-order valence-corrected chi connectivity index (χ4v) is 11.6. The molecule has 2 heterocycles. The van der Waals surface area contributed by atoms with Crippen molar-refractivity contribution in [3.8, 4) is 29.1 Å². The first kappa shape index (κ1) is 43.6. The molecular formula is C49H57N4O5S2-. The maximum atomic E-state index is 14.1. The molecule has 11 heteroatoms. The first-order valence-corrected chi connectivity index (χ1v) is 23.8. The average Bonchev–Trinajstić information content (AvgIpc) is 3.89. The minimum Gasteiger partial charge on any atom is -0.875 e. The standard InChI is InChI=1S/C49H58N4O5S2/c1-52-21-4-2-3-18-49-19-14-34(29-49)30-59-60-31-36-27-39-35(26-40(36)48(50)51)6-5-7-43-38(16-22-53-43)46(57)28-41(39)42-24-33(9-12-44(42)55)17-23-58-47-25-32(10-13-45(47)56)8-11-37(54)15-20-49/h9-10,12-13,15-16,20,22,24-27,34,41,48,52,55-57H,2-4,7-8,11,14,17-19,21,23,28-31,50-51H2,1H3/p-1. The molecule has 316 valence electrons. The quantitative estimate of drug-likeness (QED) is 0.0681. The second kappa shape index (κ2) is 20.4. The van der Waals surface area contributed by atoms with Gasteiger partial charge in [-0.2, -0.15) is 0 Å². The van der Waals surface area contributed by atoms with Crippen molar-refractivity contribution in [1.29, 1.82) is 0 Å². The van der Waals surface area contributed by atoms with Gasteiger partial charge in [-0.05, 0) is 140 Å². The van der Waals surface area contributed by atoms with Crippen LogP contribution in [0, 0.1) is 23.2 Å². The van der Waals surface area contributed by atoms with Crippen molar-refractivity contribution in [2.75, 3.05) is 26.0 Å². The zero-order valence-corrected chi connectivity index (χ0v) is 36.1. The lowest BCUT2D eigenvalue weighted by atomic mass is 9.79. The monoisotopic (exact) mass is 845 g/mol. The summed E-state index contributed by atoms with van der Waals surface area (Å²) in [7, 11) is 5.64. The Kier molecular flexibility index (Phi) is 14.8. The summed E-state index contributed by atoms with van der Waals surface area (Å²) in [6, 6.07) is 14.8. The molecule has 7 N–H and O–H groups in total. The topological polar surface area (TPSA) is 166 Å². The van der Waals surface area contributed by atoms with Crippen molar-refractivity contribution in [3.63, 3.8) is 0 Å². The SMILES string of the molecule is CNCCCCCC12C=CC(=O)CCc3ccc(O)c(c3)OCCc3ccc(O)c(c3)C3CC([O-])=C4C=CN=C4CC#Cc4cc(C(N)N)c(cc43)CSSCC(CC1)C2. The van der Waals surface area contributed by atoms with Crippen LogP contribution in [0.2, 0.25) is 0 Å². The largest absolute Gasteiger partial charge is 0.875 e. The van der Waals surface area contributed by atoms with Crippen molar-refractivity contribution >= 4 is 33.1 Å². The first-order chi connectivity index (χ1) is 29.1. The van der Waals surface area contributed by atoms with E-state index in [2.05, 4.69) is 34.3 Å². The van der Waals surface area contributed by atoms with Crippen molar-refractivity contribution in [2.24, 2.45) is 27.8 Å². The molecule has 1 fully saturated rings. The van der Waals surface area contributed by atoms with Crippen molar-refractivity contribution in [3.05, 3.63) is 123 Å². The molecule has 3 aromatic carbocycles. The Morgan fingerprint density at radius 3 is 2.67 bits per heavy atom. The molecule has 3 unspecified atom stereocenters. The lowest BCUT2D eigenvalue weighted by molar-refractivity contribution is -0.307. The molecule has 2 aliphatic heterocycles. The number of nitrogens with one attached hydrogen (secondary N) is 1. The number of phenolic OH excluding ortho intramolecular Hbond substituents is 2. The highest BCUT2D eigenvalue weighted by Crippen LogP contribution is 2.49. The normalized spacial score (nSPS) is 22.3. The van der Waals surface area contributed by atoms with Crippen LogP contribution < -0.4 is 26.6 Å². The summed E-state index contributed by atoms with van der Waals surface area (Å²) in [6.45, 7) is 1.27. The Hall–Kier alpha value is -4.44. The van der Waals surface area contributed by atoms with Crippen LogP contribution in [0.1, 0.15) is 115 Å². The molecule has 4 aliphatic rings. The third-order valence-electron chi connectivity index (χ3n) is 12.4. The minimum atomic E-state index is -0.734. The maximum Gasteiger partial charge on any atom is 0.161 e. The number of fused-ring (bicyclic) bond motifs is 9. The number of allylic oxidation sites excluding steroid dienone is 5. The van der Waals surface area contributed by atoms with Gasteiger partial charge in [0.2, 0.25) is 0 Å². The summed E-state index contributed by atoms with van der Waals surface area (Å²) < 4.78 is 6.14. The van der Waals surface area contributed by atoms with Crippen molar-refractivity contribution in [2.45, 2.75) is 94.9 Å². The van der Waals surface area contributed by atoms with E-state index in [4.69, 9.17) is 16.2 Å². The highest BCUT2D eigenvalue weighted by molar-refractivity contribution is 8.76. The number of aromatic hydroxyl groups is 2. The van der Waals surface area contributed by atoms with Gasteiger partial charge in [0, 0.05) is 47.6 Å². The predicted octanol–water partition coefficient (Wildman–Crippen LogP) is 8.01. The van der Waals surface area contributed by atoms with E-state index < -0.39 is 12.1 Å². The second-order valence-corrected chi connectivity index (χ2v) is 19.2. The van der Waals surface area contributed by atoms with Crippen molar-refractivity contribution < 1.29 is 24.9 Å². The molecule has 7 rings (SSSR count). The summed E-state index contributed by atoms with van der Waals surface area (Å²) in [5, 5.41) is 39.6. The van der Waals surface area contributed by atoms with E-state index in [-0.39, 0.29) is 41.5 Å². The van der Waals surface area contributed by atoms with Crippen LogP contribution in [0.5, 0.6) is 17.2 Å². The molecule has 0 saturated heterocycles. The number of hydrogen-bond acceptors (Lipinski definition) is 11. The van der Waals surface area contributed by atoms with E-state index in [0.717, 1.165) is 90.6 Å². The Morgan fingerprint density at radius 1 is 1.00 bits per heavy atom. The van der Waals surface area contributed by atoms with Gasteiger partial charge in [-0.3, -0.25) is 9.79 Å². The van der Waals surface area contributed by atoms with Crippen LogP contribution in [0.3, 0.4) is 0 Å². The third kappa shape index (κ3) is 10.9. The highest BCUT2D eigenvalue weighted by atomic mass is 33.1. The number of nitrogens with zero attached hydrogens (tertiary/aromatic N) is 1. The molecule has 3 atom stereocenters. The zero-order valence-electron chi connectivity index (χ0n) is 34.5. The van der Waals surface area contributed by atoms with Gasteiger partial charge in [0.1, 0.15) is 5.75 Å². The zero-order chi connectivity index (χ0) is 42.1. The number of carbonyl (C=O) groups excluding carboxylic acids is 1. The van der Waals surface area contributed by atoms with Gasteiger partial charge >= 0.3 is 0 Å². The number of rotatable bonds is 7. The molecule has 0 aromatic heterocycles. The number of aliphatic imine (C=N–C) groups is 1. The number of benzene rings is 3.